The number of aryl methyl sites for hydroxylation is 2. The van der Waals surface area contributed by atoms with Crippen LogP contribution in [0.4, 0.5) is 10.2 Å². The van der Waals surface area contributed by atoms with E-state index < -0.39 is 0 Å². The number of aromatic nitrogens is 3. The largest absolute Gasteiger partial charge is 0.364 e. The molecule has 1 N–H and O–H groups in total. The van der Waals surface area contributed by atoms with E-state index in [2.05, 4.69) is 20.4 Å². The maximum absolute atomic E-state index is 13.7. The molecule has 118 valence electrons. The van der Waals surface area contributed by atoms with Crippen molar-refractivity contribution in [2.75, 3.05) is 5.32 Å². The van der Waals surface area contributed by atoms with Gasteiger partial charge in [0.05, 0.1) is 6.04 Å². The maximum atomic E-state index is 13.7. The fraction of sp³-hybridized carbons (Fsp3) is 0.235. The summed E-state index contributed by atoms with van der Waals surface area (Å²) in [7, 11) is 0. The fourth-order valence-electron chi connectivity index (χ4n) is 2.24. The van der Waals surface area contributed by atoms with E-state index in [-0.39, 0.29) is 11.9 Å². The summed E-state index contributed by atoms with van der Waals surface area (Å²) in [6, 6.07) is 8.76. The molecule has 0 aliphatic heterocycles. The summed E-state index contributed by atoms with van der Waals surface area (Å²) in [5, 5.41) is 7.03. The molecule has 2 heterocycles. The van der Waals surface area contributed by atoms with Crippen molar-refractivity contribution in [2.45, 2.75) is 26.8 Å². The zero-order valence-corrected chi connectivity index (χ0v) is 13.2. The van der Waals surface area contributed by atoms with Crippen LogP contribution in [0.15, 0.2) is 41.1 Å². The first kappa shape index (κ1) is 15.1. The van der Waals surface area contributed by atoms with Crippen molar-refractivity contribution in [3.63, 3.8) is 0 Å². The molecule has 0 spiro atoms. The molecule has 1 aromatic carbocycles. The standard InChI is InChI=1S/C17H17FN4O/c1-10-4-5-13(8-15(10)18)11(2)20-16-9-14(6-7-19-16)17-21-12(3)22-23-17/h4-9,11H,1-3H3,(H,19,20). The fourth-order valence-corrected chi connectivity index (χ4v) is 2.24. The smallest absolute Gasteiger partial charge is 0.258 e. The van der Waals surface area contributed by atoms with Crippen LogP contribution in [0.5, 0.6) is 0 Å². The van der Waals surface area contributed by atoms with Gasteiger partial charge >= 0.3 is 0 Å². The number of halogens is 1. The molecule has 23 heavy (non-hydrogen) atoms. The lowest BCUT2D eigenvalue weighted by Gasteiger charge is -2.15. The Hall–Kier alpha value is -2.76. The van der Waals surface area contributed by atoms with Gasteiger partial charge in [0.1, 0.15) is 11.6 Å². The molecule has 0 bridgehead atoms. The van der Waals surface area contributed by atoms with Gasteiger partial charge in [-0.2, -0.15) is 4.98 Å². The Balaban J connectivity index is 1.81. The van der Waals surface area contributed by atoms with E-state index in [9.17, 15) is 4.39 Å². The van der Waals surface area contributed by atoms with Gasteiger partial charge in [0.25, 0.3) is 5.89 Å². The summed E-state index contributed by atoms with van der Waals surface area (Å²) in [5.41, 5.74) is 2.27. The highest BCUT2D eigenvalue weighted by Crippen LogP contribution is 2.23. The van der Waals surface area contributed by atoms with Gasteiger partial charge < -0.3 is 9.84 Å². The van der Waals surface area contributed by atoms with Crippen LogP contribution in [0.3, 0.4) is 0 Å². The predicted molar refractivity (Wildman–Crippen MR) is 85.4 cm³/mol. The second-order valence-electron chi connectivity index (χ2n) is 5.45. The molecule has 2 aromatic heterocycles. The molecule has 0 radical (unpaired) electrons. The summed E-state index contributed by atoms with van der Waals surface area (Å²) >= 11 is 0. The van der Waals surface area contributed by atoms with Crippen molar-refractivity contribution in [3.05, 3.63) is 59.3 Å². The summed E-state index contributed by atoms with van der Waals surface area (Å²) in [4.78, 5) is 8.48. The summed E-state index contributed by atoms with van der Waals surface area (Å²) in [6.07, 6.45) is 1.67. The lowest BCUT2D eigenvalue weighted by Crippen LogP contribution is -2.08. The first-order valence-electron chi connectivity index (χ1n) is 7.32. The highest BCUT2D eigenvalue weighted by molar-refractivity contribution is 5.58. The molecular formula is C17H17FN4O. The number of benzene rings is 1. The number of hydrogen-bond donors (Lipinski definition) is 1. The molecule has 3 rings (SSSR count). The van der Waals surface area contributed by atoms with Gasteiger partial charge in [-0.05, 0) is 50.1 Å². The summed E-state index contributed by atoms with van der Waals surface area (Å²) < 4.78 is 18.9. The van der Waals surface area contributed by atoms with Gasteiger partial charge in [0.15, 0.2) is 5.82 Å². The van der Waals surface area contributed by atoms with Crippen LogP contribution in [0.2, 0.25) is 0 Å². The van der Waals surface area contributed by atoms with Crippen molar-refractivity contribution < 1.29 is 8.91 Å². The minimum Gasteiger partial charge on any atom is -0.364 e. The summed E-state index contributed by atoms with van der Waals surface area (Å²) in [6.45, 7) is 5.46. The maximum Gasteiger partial charge on any atom is 0.258 e. The van der Waals surface area contributed by atoms with Crippen molar-refractivity contribution >= 4 is 5.82 Å². The molecule has 5 nitrogen and oxygen atoms in total. The topological polar surface area (TPSA) is 63.8 Å². The van der Waals surface area contributed by atoms with Crippen LogP contribution < -0.4 is 5.32 Å². The Bertz CT molecular complexity index is 831. The van der Waals surface area contributed by atoms with Crippen molar-refractivity contribution in [3.8, 4) is 11.5 Å². The lowest BCUT2D eigenvalue weighted by molar-refractivity contribution is 0.425. The minimum absolute atomic E-state index is 0.0859. The van der Waals surface area contributed by atoms with Crippen LogP contribution in [0.25, 0.3) is 11.5 Å². The highest BCUT2D eigenvalue weighted by Gasteiger charge is 2.11. The zero-order chi connectivity index (χ0) is 16.4. The molecule has 0 amide bonds. The quantitative estimate of drug-likeness (QED) is 0.787. The monoisotopic (exact) mass is 312 g/mol. The van der Waals surface area contributed by atoms with E-state index in [0.29, 0.717) is 23.1 Å². The van der Waals surface area contributed by atoms with Gasteiger partial charge in [-0.1, -0.05) is 17.3 Å². The molecule has 0 saturated heterocycles. The normalized spacial score (nSPS) is 12.2. The van der Waals surface area contributed by atoms with Crippen LogP contribution in [-0.2, 0) is 0 Å². The second kappa shape index (κ2) is 6.16. The van der Waals surface area contributed by atoms with Gasteiger partial charge in [0, 0.05) is 11.8 Å². The average molecular weight is 312 g/mol. The van der Waals surface area contributed by atoms with Crippen LogP contribution in [0.1, 0.15) is 29.9 Å². The van der Waals surface area contributed by atoms with E-state index in [4.69, 9.17) is 4.52 Å². The Morgan fingerprint density at radius 2 is 2.00 bits per heavy atom. The Kier molecular flexibility index (Phi) is 4.06. The second-order valence-corrected chi connectivity index (χ2v) is 5.45. The van der Waals surface area contributed by atoms with Gasteiger partial charge in [-0.25, -0.2) is 9.37 Å². The van der Waals surface area contributed by atoms with Crippen molar-refractivity contribution in [1.82, 2.24) is 15.1 Å². The van der Waals surface area contributed by atoms with Crippen LogP contribution in [-0.4, -0.2) is 15.1 Å². The van der Waals surface area contributed by atoms with Gasteiger partial charge in [-0.15, -0.1) is 0 Å². The lowest BCUT2D eigenvalue weighted by atomic mass is 10.1. The van der Waals surface area contributed by atoms with Crippen molar-refractivity contribution in [1.29, 1.82) is 0 Å². The van der Waals surface area contributed by atoms with Crippen LogP contribution >= 0.6 is 0 Å². The van der Waals surface area contributed by atoms with Crippen LogP contribution in [0, 0.1) is 19.7 Å². The molecule has 1 atom stereocenters. The van der Waals surface area contributed by atoms with E-state index in [1.165, 1.54) is 6.07 Å². The third-order valence-electron chi connectivity index (χ3n) is 3.59. The number of nitrogens with one attached hydrogen (secondary N) is 1. The number of nitrogens with zero attached hydrogens (tertiary/aromatic N) is 3. The summed E-state index contributed by atoms with van der Waals surface area (Å²) in [5.74, 6) is 1.47. The molecule has 0 fully saturated rings. The van der Waals surface area contributed by atoms with Gasteiger partial charge in [-0.3, -0.25) is 0 Å². The highest BCUT2D eigenvalue weighted by atomic mass is 19.1. The minimum atomic E-state index is -0.209. The molecule has 1 unspecified atom stereocenters. The molecule has 0 aliphatic carbocycles. The average Bonchev–Trinajstić information content (AvgIpc) is 2.97. The SMILES string of the molecule is Cc1noc(-c2ccnc(NC(C)c3ccc(C)c(F)c3)c2)n1. The number of pyridine rings is 1. The Morgan fingerprint density at radius 3 is 2.70 bits per heavy atom. The molecule has 0 saturated carbocycles. The van der Waals surface area contributed by atoms with E-state index >= 15 is 0 Å². The third-order valence-corrected chi connectivity index (χ3v) is 3.59. The number of hydrogen-bond acceptors (Lipinski definition) is 5. The van der Waals surface area contributed by atoms with E-state index in [1.54, 1.807) is 32.2 Å². The van der Waals surface area contributed by atoms with E-state index in [0.717, 1.165) is 11.1 Å². The number of anilines is 1. The molecular weight excluding hydrogens is 295 g/mol. The van der Waals surface area contributed by atoms with Crippen molar-refractivity contribution in [2.24, 2.45) is 0 Å². The third kappa shape index (κ3) is 3.36. The first-order chi connectivity index (χ1) is 11.0. The Morgan fingerprint density at radius 1 is 1.17 bits per heavy atom. The number of rotatable bonds is 4. The predicted octanol–water partition coefficient (Wildman–Crippen LogP) is 4.06. The molecule has 0 aliphatic rings. The zero-order valence-electron chi connectivity index (χ0n) is 13.2. The molecule has 6 heteroatoms. The first-order valence-corrected chi connectivity index (χ1v) is 7.32. The van der Waals surface area contributed by atoms with E-state index in [1.807, 2.05) is 19.1 Å². The Labute approximate surface area is 133 Å². The van der Waals surface area contributed by atoms with Gasteiger partial charge in [0.2, 0.25) is 0 Å². The molecule has 3 aromatic rings.